The van der Waals surface area contributed by atoms with Crippen LogP contribution < -0.4 is 5.73 Å². The van der Waals surface area contributed by atoms with E-state index in [0.717, 1.165) is 5.56 Å². The van der Waals surface area contributed by atoms with Crippen LogP contribution in [0, 0.1) is 10.1 Å². The number of oxime groups is 1. The number of para-hydroxylation sites is 1. The monoisotopic (exact) mass is 412 g/mol. The van der Waals surface area contributed by atoms with Crippen molar-refractivity contribution in [3.05, 3.63) is 106 Å². The average molecular weight is 412 g/mol. The molecule has 0 radical (unpaired) electrons. The Bertz CT molecular complexity index is 1320. The second-order valence-electron chi connectivity index (χ2n) is 6.60. The Morgan fingerprint density at radius 1 is 0.968 bits per heavy atom. The Balaban J connectivity index is 1.68. The molecule has 0 unspecified atom stereocenters. The number of benzene rings is 3. The zero-order chi connectivity index (χ0) is 21.8. The predicted molar refractivity (Wildman–Crippen MR) is 116 cm³/mol. The summed E-state index contributed by atoms with van der Waals surface area (Å²) in [5.41, 5.74) is 8.36. The van der Waals surface area contributed by atoms with Gasteiger partial charge in [0.05, 0.1) is 21.7 Å². The molecule has 8 nitrogen and oxygen atoms in total. The van der Waals surface area contributed by atoms with E-state index >= 15 is 0 Å². The van der Waals surface area contributed by atoms with E-state index in [9.17, 15) is 14.9 Å². The van der Waals surface area contributed by atoms with E-state index in [-0.39, 0.29) is 22.6 Å². The molecule has 0 atom stereocenters. The molecular formula is C23H16N4O4. The minimum Gasteiger partial charge on any atom is -0.380 e. The molecule has 0 saturated heterocycles. The number of hydrogen-bond donors (Lipinski definition) is 1. The van der Waals surface area contributed by atoms with Crippen LogP contribution in [0.25, 0.3) is 22.2 Å². The third-order valence-electron chi connectivity index (χ3n) is 4.59. The molecule has 0 aliphatic rings. The number of hydrogen-bond acceptors (Lipinski definition) is 6. The van der Waals surface area contributed by atoms with Gasteiger partial charge in [-0.25, -0.2) is 9.78 Å². The Labute approximate surface area is 176 Å². The number of nitrogens with zero attached hydrogens (tertiary/aromatic N) is 3. The van der Waals surface area contributed by atoms with Crippen molar-refractivity contribution < 1.29 is 14.6 Å². The molecule has 0 saturated carbocycles. The number of carbonyl (C=O) groups is 1. The zero-order valence-corrected chi connectivity index (χ0v) is 16.1. The molecular weight excluding hydrogens is 396 g/mol. The summed E-state index contributed by atoms with van der Waals surface area (Å²) in [5, 5.41) is 15.2. The minimum absolute atomic E-state index is 0.144. The lowest BCUT2D eigenvalue weighted by Crippen LogP contribution is -2.15. The minimum atomic E-state index is -0.718. The molecule has 0 amide bonds. The molecule has 3 aromatic carbocycles. The van der Waals surface area contributed by atoms with Crippen molar-refractivity contribution in [1.82, 2.24) is 4.98 Å². The van der Waals surface area contributed by atoms with Crippen LogP contribution in [0.15, 0.2) is 90.1 Å². The molecule has 1 heterocycles. The molecule has 0 spiro atoms. The summed E-state index contributed by atoms with van der Waals surface area (Å²) in [7, 11) is 0. The smallest absolute Gasteiger partial charge is 0.366 e. The number of nitro benzene ring substituents is 1. The number of nitrogens with two attached hydrogens (primary N) is 1. The first-order valence-electron chi connectivity index (χ1n) is 9.28. The summed E-state index contributed by atoms with van der Waals surface area (Å²) < 4.78 is 0. The Hall–Kier alpha value is -4.59. The van der Waals surface area contributed by atoms with E-state index in [1.165, 1.54) is 24.3 Å². The SMILES string of the molecule is NC(=NOC(=O)c1cc(-c2ccccc2)nc2ccccc12)c1cccc([N+](=O)[O-])c1. The van der Waals surface area contributed by atoms with Crippen LogP contribution >= 0.6 is 0 Å². The zero-order valence-electron chi connectivity index (χ0n) is 16.1. The highest BCUT2D eigenvalue weighted by atomic mass is 16.7. The van der Waals surface area contributed by atoms with Gasteiger partial charge in [0.1, 0.15) is 0 Å². The van der Waals surface area contributed by atoms with Gasteiger partial charge < -0.3 is 10.6 Å². The predicted octanol–water partition coefficient (Wildman–Crippen LogP) is 4.29. The fraction of sp³-hybridized carbons (Fsp3) is 0. The van der Waals surface area contributed by atoms with Gasteiger partial charge >= 0.3 is 5.97 Å². The third-order valence-corrected chi connectivity index (χ3v) is 4.59. The van der Waals surface area contributed by atoms with Gasteiger partial charge in [0.2, 0.25) is 0 Å². The van der Waals surface area contributed by atoms with E-state index in [1.807, 2.05) is 36.4 Å². The van der Waals surface area contributed by atoms with Gasteiger partial charge in [-0.2, -0.15) is 0 Å². The van der Waals surface area contributed by atoms with Gasteiger partial charge in [-0.05, 0) is 12.1 Å². The summed E-state index contributed by atoms with van der Waals surface area (Å²) in [6.45, 7) is 0. The maximum Gasteiger partial charge on any atom is 0.366 e. The first-order valence-corrected chi connectivity index (χ1v) is 9.28. The highest BCUT2D eigenvalue weighted by molar-refractivity contribution is 6.05. The number of rotatable bonds is 5. The van der Waals surface area contributed by atoms with Crippen LogP contribution in [0.1, 0.15) is 15.9 Å². The topological polar surface area (TPSA) is 121 Å². The highest BCUT2D eigenvalue weighted by Crippen LogP contribution is 2.25. The third kappa shape index (κ3) is 4.23. The molecule has 0 aliphatic heterocycles. The average Bonchev–Trinajstić information content (AvgIpc) is 2.82. The molecule has 0 bridgehead atoms. The van der Waals surface area contributed by atoms with Gasteiger partial charge in [-0.3, -0.25) is 10.1 Å². The van der Waals surface area contributed by atoms with Crippen LogP contribution in [-0.4, -0.2) is 21.7 Å². The molecule has 152 valence electrons. The van der Waals surface area contributed by atoms with Crippen molar-refractivity contribution in [2.24, 2.45) is 10.9 Å². The van der Waals surface area contributed by atoms with Crippen molar-refractivity contribution in [1.29, 1.82) is 0 Å². The lowest BCUT2D eigenvalue weighted by atomic mass is 10.0. The number of aromatic nitrogens is 1. The number of amidine groups is 1. The van der Waals surface area contributed by atoms with Gasteiger partial charge in [0.25, 0.3) is 5.69 Å². The maximum absolute atomic E-state index is 12.8. The van der Waals surface area contributed by atoms with Crippen molar-refractivity contribution in [2.45, 2.75) is 0 Å². The van der Waals surface area contributed by atoms with Gasteiger partial charge in [-0.15, -0.1) is 0 Å². The van der Waals surface area contributed by atoms with Crippen molar-refractivity contribution >= 4 is 28.4 Å². The molecule has 0 fully saturated rings. The van der Waals surface area contributed by atoms with Crippen LogP contribution in [-0.2, 0) is 4.84 Å². The molecule has 0 aliphatic carbocycles. The maximum atomic E-state index is 12.8. The standard InChI is InChI=1S/C23H16N4O4/c24-22(16-9-6-10-17(13-16)27(29)30)26-31-23(28)19-14-21(15-7-2-1-3-8-15)25-20-12-5-4-11-18(19)20/h1-14H,(H2,24,26). The Morgan fingerprint density at radius 3 is 2.48 bits per heavy atom. The second-order valence-corrected chi connectivity index (χ2v) is 6.60. The van der Waals surface area contributed by atoms with Gasteiger partial charge in [0, 0.05) is 28.6 Å². The summed E-state index contributed by atoms with van der Waals surface area (Å²) in [4.78, 5) is 32.9. The summed E-state index contributed by atoms with van der Waals surface area (Å²) in [5.74, 6) is -0.872. The summed E-state index contributed by atoms with van der Waals surface area (Å²) in [6.07, 6.45) is 0. The summed E-state index contributed by atoms with van der Waals surface area (Å²) >= 11 is 0. The lowest BCUT2D eigenvalue weighted by Gasteiger charge is -2.08. The second kappa shape index (κ2) is 8.42. The normalized spacial score (nSPS) is 11.3. The first kappa shape index (κ1) is 19.7. The molecule has 1 aromatic heterocycles. The number of carbonyl (C=O) groups excluding carboxylic acids is 1. The van der Waals surface area contributed by atoms with E-state index in [4.69, 9.17) is 10.6 Å². The van der Waals surface area contributed by atoms with Crippen LogP contribution in [0.3, 0.4) is 0 Å². The molecule has 31 heavy (non-hydrogen) atoms. The van der Waals surface area contributed by atoms with Crippen molar-refractivity contribution in [3.63, 3.8) is 0 Å². The van der Waals surface area contributed by atoms with Crippen LogP contribution in [0.2, 0.25) is 0 Å². The molecule has 4 aromatic rings. The number of pyridine rings is 1. The summed E-state index contributed by atoms with van der Waals surface area (Å²) in [6, 6.07) is 23.9. The molecule has 2 N–H and O–H groups in total. The van der Waals surface area contributed by atoms with E-state index < -0.39 is 10.9 Å². The Morgan fingerprint density at radius 2 is 1.71 bits per heavy atom. The number of fused-ring (bicyclic) bond motifs is 1. The fourth-order valence-corrected chi connectivity index (χ4v) is 3.07. The van der Waals surface area contributed by atoms with E-state index in [2.05, 4.69) is 10.1 Å². The molecule has 8 heteroatoms. The number of nitro groups is 1. The Kier molecular flexibility index (Phi) is 5.35. The molecule has 4 rings (SSSR count). The highest BCUT2D eigenvalue weighted by Gasteiger charge is 2.16. The van der Waals surface area contributed by atoms with Crippen LogP contribution in [0.5, 0.6) is 0 Å². The number of non-ortho nitro benzene ring substituents is 1. The van der Waals surface area contributed by atoms with Crippen LogP contribution in [0.4, 0.5) is 5.69 Å². The fourth-order valence-electron chi connectivity index (χ4n) is 3.07. The van der Waals surface area contributed by atoms with E-state index in [0.29, 0.717) is 16.6 Å². The largest absolute Gasteiger partial charge is 0.380 e. The van der Waals surface area contributed by atoms with Crippen molar-refractivity contribution in [3.8, 4) is 11.3 Å². The van der Waals surface area contributed by atoms with E-state index in [1.54, 1.807) is 24.3 Å². The van der Waals surface area contributed by atoms with Gasteiger partial charge in [-0.1, -0.05) is 65.8 Å². The first-order chi connectivity index (χ1) is 15.0. The van der Waals surface area contributed by atoms with Crippen molar-refractivity contribution in [2.75, 3.05) is 0 Å². The lowest BCUT2D eigenvalue weighted by molar-refractivity contribution is -0.384. The quantitative estimate of drug-likeness (QED) is 0.172. The van der Waals surface area contributed by atoms with Gasteiger partial charge in [0.15, 0.2) is 5.84 Å².